The largest absolute Gasteiger partial charge is 0.490 e. The fourth-order valence-corrected chi connectivity index (χ4v) is 2.98. The lowest BCUT2D eigenvalue weighted by Crippen LogP contribution is -2.24. The SMILES string of the molecule is COc1c(N)nsc1NCC1CCCC(O)C1. The summed E-state index contributed by atoms with van der Waals surface area (Å²) in [4.78, 5) is 0. The van der Waals surface area contributed by atoms with E-state index in [0.29, 0.717) is 17.5 Å². The topological polar surface area (TPSA) is 80.4 Å². The Hall–Kier alpha value is -1.01. The van der Waals surface area contributed by atoms with Crippen molar-refractivity contribution in [3.8, 4) is 5.75 Å². The summed E-state index contributed by atoms with van der Waals surface area (Å²) in [6.07, 6.45) is 3.96. The molecule has 0 amide bonds. The van der Waals surface area contributed by atoms with E-state index in [4.69, 9.17) is 10.5 Å². The third-order valence-electron chi connectivity index (χ3n) is 3.18. The fourth-order valence-electron chi connectivity index (χ4n) is 2.29. The van der Waals surface area contributed by atoms with Crippen molar-refractivity contribution in [3.63, 3.8) is 0 Å². The van der Waals surface area contributed by atoms with Crippen LogP contribution in [0.5, 0.6) is 5.75 Å². The zero-order valence-corrected chi connectivity index (χ0v) is 10.8. The van der Waals surface area contributed by atoms with Crippen molar-refractivity contribution in [1.82, 2.24) is 4.37 Å². The summed E-state index contributed by atoms with van der Waals surface area (Å²) in [5.74, 6) is 1.59. The van der Waals surface area contributed by atoms with Gasteiger partial charge in [0.25, 0.3) is 0 Å². The molecule has 2 unspecified atom stereocenters. The van der Waals surface area contributed by atoms with Gasteiger partial charge in [-0.25, -0.2) is 0 Å². The van der Waals surface area contributed by atoms with Gasteiger partial charge in [0.15, 0.2) is 16.6 Å². The van der Waals surface area contributed by atoms with Crippen molar-refractivity contribution in [2.45, 2.75) is 31.8 Å². The first-order chi connectivity index (χ1) is 8.20. The molecule has 0 bridgehead atoms. The minimum atomic E-state index is -0.135. The Kier molecular flexibility index (Phi) is 4.06. The van der Waals surface area contributed by atoms with Crippen molar-refractivity contribution >= 4 is 22.4 Å². The number of anilines is 2. The van der Waals surface area contributed by atoms with Crippen molar-refractivity contribution < 1.29 is 9.84 Å². The molecule has 0 spiro atoms. The van der Waals surface area contributed by atoms with Gasteiger partial charge in [0, 0.05) is 6.54 Å². The van der Waals surface area contributed by atoms with Crippen LogP contribution in [-0.2, 0) is 0 Å². The van der Waals surface area contributed by atoms with Crippen LogP contribution in [0.15, 0.2) is 0 Å². The average molecular weight is 257 g/mol. The molecule has 1 aliphatic rings. The van der Waals surface area contributed by atoms with E-state index in [2.05, 4.69) is 9.69 Å². The smallest absolute Gasteiger partial charge is 0.197 e. The summed E-state index contributed by atoms with van der Waals surface area (Å²) in [5.41, 5.74) is 5.68. The lowest BCUT2D eigenvalue weighted by molar-refractivity contribution is 0.105. The van der Waals surface area contributed by atoms with Crippen LogP contribution in [0.4, 0.5) is 10.8 Å². The maximum absolute atomic E-state index is 9.60. The number of aliphatic hydroxyl groups is 1. The molecule has 96 valence electrons. The van der Waals surface area contributed by atoms with Gasteiger partial charge < -0.3 is 20.9 Å². The van der Waals surface area contributed by atoms with Gasteiger partial charge in [-0.05, 0) is 36.7 Å². The third kappa shape index (κ3) is 3.01. The van der Waals surface area contributed by atoms with E-state index < -0.39 is 0 Å². The monoisotopic (exact) mass is 257 g/mol. The molecule has 1 aliphatic carbocycles. The van der Waals surface area contributed by atoms with Crippen LogP contribution in [0.1, 0.15) is 25.7 Å². The molecule has 17 heavy (non-hydrogen) atoms. The molecule has 1 aromatic heterocycles. The average Bonchev–Trinajstić information content (AvgIpc) is 2.67. The standard InChI is InChI=1S/C11H19N3O2S/c1-16-9-10(12)14-17-11(9)13-6-7-3-2-4-8(15)5-7/h7-8,13,15H,2-6H2,1H3,(H2,12,14). The van der Waals surface area contributed by atoms with Gasteiger partial charge in [0.1, 0.15) is 0 Å². The van der Waals surface area contributed by atoms with Gasteiger partial charge in [-0.3, -0.25) is 0 Å². The van der Waals surface area contributed by atoms with Crippen LogP contribution in [0.3, 0.4) is 0 Å². The van der Waals surface area contributed by atoms with Gasteiger partial charge in [-0.2, -0.15) is 4.37 Å². The number of methoxy groups -OCH3 is 1. The summed E-state index contributed by atoms with van der Waals surface area (Å²) in [5, 5.41) is 13.8. The highest BCUT2D eigenvalue weighted by atomic mass is 32.1. The Balaban J connectivity index is 1.88. The van der Waals surface area contributed by atoms with E-state index in [-0.39, 0.29) is 6.10 Å². The van der Waals surface area contributed by atoms with E-state index in [9.17, 15) is 5.11 Å². The van der Waals surface area contributed by atoms with Crippen LogP contribution < -0.4 is 15.8 Å². The first-order valence-corrected chi connectivity index (χ1v) is 6.69. The fraction of sp³-hybridized carbons (Fsp3) is 0.727. The highest BCUT2D eigenvalue weighted by molar-refractivity contribution is 7.11. The number of nitrogens with two attached hydrogens (primary N) is 1. The summed E-state index contributed by atoms with van der Waals surface area (Å²) in [6, 6.07) is 0. The normalized spacial score (nSPS) is 24.6. The molecule has 0 saturated heterocycles. The second-order valence-electron chi connectivity index (χ2n) is 4.50. The molecular formula is C11H19N3O2S. The highest BCUT2D eigenvalue weighted by Gasteiger charge is 2.21. The Morgan fingerprint density at radius 1 is 1.59 bits per heavy atom. The molecule has 0 aromatic carbocycles. The summed E-state index contributed by atoms with van der Waals surface area (Å²) in [6.45, 7) is 0.842. The van der Waals surface area contributed by atoms with E-state index in [1.807, 2.05) is 0 Å². The maximum atomic E-state index is 9.60. The molecule has 5 nitrogen and oxygen atoms in total. The molecule has 0 radical (unpaired) electrons. The summed E-state index contributed by atoms with van der Waals surface area (Å²) < 4.78 is 9.24. The van der Waals surface area contributed by atoms with Crippen molar-refractivity contribution in [2.75, 3.05) is 24.7 Å². The van der Waals surface area contributed by atoms with Crippen LogP contribution in [-0.4, -0.2) is 29.2 Å². The van der Waals surface area contributed by atoms with Crippen LogP contribution in [0.25, 0.3) is 0 Å². The third-order valence-corrected chi connectivity index (χ3v) is 3.98. The predicted octanol–water partition coefficient (Wildman–Crippen LogP) is 1.70. The van der Waals surface area contributed by atoms with Gasteiger partial charge in [-0.1, -0.05) is 6.42 Å². The predicted molar refractivity (Wildman–Crippen MR) is 69.5 cm³/mol. The zero-order chi connectivity index (χ0) is 12.3. The number of hydrogen-bond donors (Lipinski definition) is 3. The Labute approximate surface area is 105 Å². The van der Waals surface area contributed by atoms with Crippen molar-refractivity contribution in [1.29, 1.82) is 0 Å². The molecule has 2 atom stereocenters. The molecule has 1 fully saturated rings. The molecule has 4 N–H and O–H groups in total. The number of nitrogen functional groups attached to an aromatic ring is 1. The summed E-state index contributed by atoms with van der Waals surface area (Å²) in [7, 11) is 1.59. The minimum Gasteiger partial charge on any atom is -0.490 e. The van der Waals surface area contributed by atoms with E-state index in [0.717, 1.165) is 30.8 Å². The van der Waals surface area contributed by atoms with Crippen LogP contribution >= 0.6 is 11.5 Å². The second kappa shape index (κ2) is 5.55. The van der Waals surface area contributed by atoms with Gasteiger partial charge >= 0.3 is 0 Å². The Morgan fingerprint density at radius 2 is 2.41 bits per heavy atom. The molecule has 0 aliphatic heterocycles. The van der Waals surface area contributed by atoms with Gasteiger partial charge in [0.05, 0.1) is 13.2 Å². The number of aromatic nitrogens is 1. The number of nitrogens with one attached hydrogen (secondary N) is 1. The lowest BCUT2D eigenvalue weighted by Gasteiger charge is -2.26. The van der Waals surface area contributed by atoms with E-state index >= 15 is 0 Å². The quantitative estimate of drug-likeness (QED) is 0.765. The molecule has 1 heterocycles. The first-order valence-electron chi connectivity index (χ1n) is 5.91. The maximum Gasteiger partial charge on any atom is 0.197 e. The second-order valence-corrected chi connectivity index (χ2v) is 5.27. The van der Waals surface area contributed by atoms with E-state index in [1.54, 1.807) is 7.11 Å². The van der Waals surface area contributed by atoms with E-state index in [1.165, 1.54) is 18.0 Å². The number of aliphatic hydroxyl groups excluding tert-OH is 1. The number of ether oxygens (including phenoxy) is 1. The van der Waals surface area contributed by atoms with Gasteiger partial charge in [0.2, 0.25) is 0 Å². The number of rotatable bonds is 4. The molecule has 2 rings (SSSR count). The van der Waals surface area contributed by atoms with Gasteiger partial charge in [-0.15, -0.1) is 0 Å². The Bertz CT molecular complexity index is 370. The molecule has 6 heteroatoms. The molecule has 1 aromatic rings. The number of nitrogens with zero attached hydrogens (tertiary/aromatic N) is 1. The molecular weight excluding hydrogens is 238 g/mol. The highest BCUT2D eigenvalue weighted by Crippen LogP contribution is 2.35. The molecule has 1 saturated carbocycles. The lowest BCUT2D eigenvalue weighted by atomic mass is 9.87. The Morgan fingerprint density at radius 3 is 3.12 bits per heavy atom. The zero-order valence-electron chi connectivity index (χ0n) is 9.98. The van der Waals surface area contributed by atoms with Crippen molar-refractivity contribution in [3.05, 3.63) is 0 Å². The summed E-state index contributed by atoms with van der Waals surface area (Å²) >= 11 is 1.32. The minimum absolute atomic E-state index is 0.135. The van der Waals surface area contributed by atoms with Crippen LogP contribution in [0.2, 0.25) is 0 Å². The number of hydrogen-bond acceptors (Lipinski definition) is 6. The van der Waals surface area contributed by atoms with Crippen molar-refractivity contribution in [2.24, 2.45) is 5.92 Å². The van der Waals surface area contributed by atoms with Crippen LogP contribution in [0, 0.1) is 5.92 Å². The first kappa shape index (κ1) is 12.4.